The van der Waals surface area contributed by atoms with E-state index in [4.69, 9.17) is 30.5 Å². The van der Waals surface area contributed by atoms with E-state index >= 15 is 4.39 Å². The lowest BCUT2D eigenvalue weighted by Crippen LogP contribution is -2.38. The van der Waals surface area contributed by atoms with Crippen molar-refractivity contribution in [2.24, 2.45) is 0 Å². The van der Waals surface area contributed by atoms with Crippen molar-refractivity contribution < 1.29 is 32.9 Å². The molecule has 13 heteroatoms. The van der Waals surface area contributed by atoms with Crippen molar-refractivity contribution in [1.82, 2.24) is 19.5 Å². The Bertz CT molecular complexity index is 947. The minimum Gasteiger partial charge on any atom is -0.464 e. The summed E-state index contributed by atoms with van der Waals surface area (Å²) in [6, 6.07) is 0. The maximum absolute atomic E-state index is 15.3. The zero-order valence-electron chi connectivity index (χ0n) is 20.4. The van der Waals surface area contributed by atoms with Crippen LogP contribution in [0.4, 0.5) is 4.39 Å². The number of alkyl halides is 1. The lowest BCUT2D eigenvalue weighted by atomic mass is 10.2. The number of carbonyl (C=O) groups excluding carboxylic acids is 2. The normalized spacial score (nSPS) is 13.2. The third-order valence-corrected chi connectivity index (χ3v) is 6.11. The zero-order chi connectivity index (χ0) is 25.8. The maximum atomic E-state index is 15.3. The molecule has 0 aliphatic carbocycles. The van der Waals surface area contributed by atoms with Gasteiger partial charge in [-0.25, -0.2) is 23.9 Å². The van der Waals surface area contributed by atoms with Crippen LogP contribution >= 0.6 is 23.4 Å². The third kappa shape index (κ3) is 8.55. The molecule has 2 atom stereocenters. The van der Waals surface area contributed by atoms with Crippen LogP contribution in [0.3, 0.4) is 0 Å². The second-order valence-electron chi connectivity index (χ2n) is 7.42. The largest absolute Gasteiger partial charge is 0.464 e. The Labute approximate surface area is 213 Å². The van der Waals surface area contributed by atoms with Crippen LogP contribution in [0.1, 0.15) is 52.8 Å². The highest BCUT2D eigenvalue weighted by Crippen LogP contribution is 2.29. The number of aromatic nitrogens is 4. The average Bonchev–Trinajstić information content (AvgIpc) is 3.25. The molecular weight excluding hydrogens is 503 g/mol. The number of methoxy groups -OCH3 is 1. The summed E-state index contributed by atoms with van der Waals surface area (Å²) >= 11 is 7.60. The van der Waals surface area contributed by atoms with Crippen LogP contribution in [0.5, 0.6) is 0 Å². The maximum Gasteiger partial charge on any atom is 0.347 e. The fourth-order valence-corrected chi connectivity index (χ4v) is 4.31. The summed E-state index contributed by atoms with van der Waals surface area (Å²) in [6.45, 7) is 5.21. The summed E-state index contributed by atoms with van der Waals surface area (Å²) in [4.78, 5) is 36.9. The lowest BCUT2D eigenvalue weighted by molar-refractivity contribution is -0.175. The number of halogens is 2. The molecule has 2 aromatic rings. The molecule has 0 bridgehead atoms. The fourth-order valence-electron chi connectivity index (χ4n) is 3.13. The Morgan fingerprint density at radius 2 is 1.83 bits per heavy atom. The summed E-state index contributed by atoms with van der Waals surface area (Å²) in [5, 5.41) is 0.600. The standard InChI is InChI=1S/C22H32ClFN4O6S/c1-5-8-9-10-35-19-16-18(26-22(23)27-19)28(13-25-16)15(24)11-14(31-4)12-34-17(20(29)32-6-2)21(30)33-7-3/h13-15,17H,5-12H2,1-4H3. The molecule has 0 amide bonds. The average molecular weight is 535 g/mol. The molecule has 2 rings (SSSR count). The minimum atomic E-state index is -1.60. The van der Waals surface area contributed by atoms with Gasteiger partial charge in [0.2, 0.25) is 5.28 Å². The van der Waals surface area contributed by atoms with Gasteiger partial charge in [-0.2, -0.15) is 4.98 Å². The van der Waals surface area contributed by atoms with Crippen molar-refractivity contribution in [2.45, 2.75) is 70.0 Å². The van der Waals surface area contributed by atoms with E-state index in [0.29, 0.717) is 10.5 Å². The number of fused-ring (bicyclic) bond motifs is 1. The molecule has 0 saturated carbocycles. The smallest absolute Gasteiger partial charge is 0.347 e. The molecule has 0 spiro atoms. The summed E-state index contributed by atoms with van der Waals surface area (Å²) < 4.78 is 37.0. The Morgan fingerprint density at radius 1 is 1.14 bits per heavy atom. The fraction of sp³-hybridized carbons (Fsp3) is 0.682. The van der Waals surface area contributed by atoms with Crippen LogP contribution in [-0.2, 0) is 28.5 Å². The Balaban J connectivity index is 2.11. The summed E-state index contributed by atoms with van der Waals surface area (Å²) in [5.74, 6) is -0.921. The van der Waals surface area contributed by atoms with E-state index in [1.54, 1.807) is 13.8 Å². The first-order valence-corrected chi connectivity index (χ1v) is 12.9. The van der Waals surface area contributed by atoms with Crippen LogP contribution in [-0.4, -0.2) is 76.3 Å². The topological polar surface area (TPSA) is 115 Å². The first-order chi connectivity index (χ1) is 16.9. The molecule has 2 heterocycles. The van der Waals surface area contributed by atoms with Crippen LogP contribution in [0.25, 0.3) is 11.2 Å². The SMILES string of the molecule is CCCCCSc1nc(Cl)nc2c1ncn2C(F)CC(COC(C(=O)OCC)C(=O)OCC)OC. The highest BCUT2D eigenvalue weighted by atomic mass is 35.5. The minimum absolute atomic E-state index is 0.00258. The quantitative estimate of drug-likeness (QED) is 0.0776. The monoisotopic (exact) mass is 534 g/mol. The van der Waals surface area contributed by atoms with Gasteiger partial charge in [-0.3, -0.25) is 4.57 Å². The molecule has 0 fully saturated rings. The van der Waals surface area contributed by atoms with E-state index in [2.05, 4.69) is 21.9 Å². The van der Waals surface area contributed by atoms with E-state index < -0.39 is 30.4 Å². The number of hydrogen-bond acceptors (Lipinski definition) is 10. The van der Waals surface area contributed by atoms with Gasteiger partial charge in [0.05, 0.1) is 32.3 Å². The highest BCUT2D eigenvalue weighted by molar-refractivity contribution is 7.99. The molecule has 10 nitrogen and oxygen atoms in total. The second-order valence-corrected chi connectivity index (χ2v) is 8.84. The predicted molar refractivity (Wildman–Crippen MR) is 129 cm³/mol. The second kappa shape index (κ2) is 15.2. The molecule has 2 aromatic heterocycles. The Kier molecular flexibility index (Phi) is 12.7. The van der Waals surface area contributed by atoms with Crippen molar-refractivity contribution in [1.29, 1.82) is 0 Å². The van der Waals surface area contributed by atoms with Crippen LogP contribution in [0.2, 0.25) is 5.28 Å². The predicted octanol–water partition coefficient (Wildman–Crippen LogP) is 4.15. The van der Waals surface area contributed by atoms with Gasteiger partial charge in [0.1, 0.15) is 10.5 Å². The summed E-state index contributed by atoms with van der Waals surface area (Å²) in [7, 11) is 1.38. The molecule has 0 N–H and O–H groups in total. The van der Waals surface area contributed by atoms with E-state index in [1.807, 2.05) is 0 Å². The Hall–Kier alpha value is -2.02. The zero-order valence-corrected chi connectivity index (χ0v) is 21.9. The molecular formula is C22H32ClFN4O6S. The van der Waals surface area contributed by atoms with Gasteiger partial charge < -0.3 is 18.9 Å². The molecule has 0 radical (unpaired) electrons. The van der Waals surface area contributed by atoms with E-state index in [1.165, 1.54) is 29.8 Å². The number of imidazole rings is 1. The number of carbonyl (C=O) groups is 2. The van der Waals surface area contributed by atoms with Gasteiger partial charge >= 0.3 is 11.9 Å². The van der Waals surface area contributed by atoms with Crippen molar-refractivity contribution in [3.05, 3.63) is 11.6 Å². The van der Waals surface area contributed by atoms with Gasteiger partial charge in [-0.05, 0) is 37.6 Å². The number of rotatable bonds is 16. The molecule has 196 valence electrons. The van der Waals surface area contributed by atoms with Crippen molar-refractivity contribution in [2.75, 3.05) is 32.7 Å². The number of hydrogen-bond donors (Lipinski definition) is 0. The number of nitrogens with zero attached hydrogens (tertiary/aromatic N) is 4. The van der Waals surface area contributed by atoms with Crippen LogP contribution in [0, 0.1) is 0 Å². The van der Waals surface area contributed by atoms with Gasteiger partial charge in [0.25, 0.3) is 6.10 Å². The molecule has 0 saturated heterocycles. The van der Waals surface area contributed by atoms with E-state index in [0.717, 1.165) is 25.0 Å². The summed E-state index contributed by atoms with van der Waals surface area (Å²) in [6.07, 6.45) is 0.414. The molecule has 0 aromatic carbocycles. The number of esters is 2. The van der Waals surface area contributed by atoms with Crippen molar-refractivity contribution >= 4 is 46.5 Å². The first-order valence-electron chi connectivity index (χ1n) is 11.5. The van der Waals surface area contributed by atoms with Crippen molar-refractivity contribution in [3.63, 3.8) is 0 Å². The summed E-state index contributed by atoms with van der Waals surface area (Å²) in [5.41, 5.74) is 0.732. The van der Waals surface area contributed by atoms with Crippen molar-refractivity contribution in [3.8, 4) is 0 Å². The van der Waals surface area contributed by atoms with Gasteiger partial charge in [0, 0.05) is 13.5 Å². The van der Waals surface area contributed by atoms with Gasteiger partial charge in [-0.15, -0.1) is 11.8 Å². The molecule has 35 heavy (non-hydrogen) atoms. The van der Waals surface area contributed by atoms with Gasteiger partial charge in [0.15, 0.2) is 11.9 Å². The first kappa shape index (κ1) is 29.2. The van der Waals surface area contributed by atoms with E-state index in [-0.39, 0.29) is 37.2 Å². The Morgan fingerprint density at radius 3 is 2.43 bits per heavy atom. The molecule has 0 aliphatic heterocycles. The lowest BCUT2D eigenvalue weighted by Gasteiger charge is -2.21. The van der Waals surface area contributed by atoms with Gasteiger partial charge in [-0.1, -0.05) is 19.8 Å². The third-order valence-electron chi connectivity index (χ3n) is 4.89. The highest BCUT2D eigenvalue weighted by Gasteiger charge is 2.32. The van der Waals surface area contributed by atoms with Crippen LogP contribution in [0.15, 0.2) is 11.4 Å². The number of thioether (sulfide) groups is 1. The number of unbranched alkanes of at least 4 members (excludes halogenated alkanes) is 2. The molecule has 0 aliphatic rings. The van der Waals surface area contributed by atoms with E-state index in [9.17, 15) is 9.59 Å². The van der Waals surface area contributed by atoms with Crippen LogP contribution < -0.4 is 0 Å². The number of ether oxygens (including phenoxy) is 4. The molecule has 2 unspecified atom stereocenters.